The fourth-order valence-electron chi connectivity index (χ4n) is 2.08. The molecule has 1 amide bonds. The number of thiazole rings is 1. The van der Waals surface area contributed by atoms with Gasteiger partial charge in [0.25, 0.3) is 5.91 Å². The molecular formula is C14H17N3O2S. The monoisotopic (exact) mass is 291 g/mol. The number of nitrogens with one attached hydrogen (secondary N) is 1. The minimum absolute atomic E-state index is 0.203. The van der Waals surface area contributed by atoms with E-state index in [4.69, 9.17) is 10.5 Å². The van der Waals surface area contributed by atoms with Gasteiger partial charge in [-0.15, -0.1) is 0 Å². The molecule has 2 rings (SSSR count). The molecule has 0 atom stereocenters. The van der Waals surface area contributed by atoms with Crippen LogP contribution >= 0.6 is 11.3 Å². The minimum Gasteiger partial charge on any atom is -0.496 e. The second-order valence-electron chi connectivity index (χ2n) is 4.51. The van der Waals surface area contributed by atoms with Gasteiger partial charge in [-0.25, -0.2) is 4.98 Å². The standard InChI is InChI=1S/C14H17N3O2S/c1-7-5-6-10(8(2)11(7)19-4)17-13(18)12-9(3)16-14(15)20-12/h5-6H,1-4H3,(H2,15,16)(H,17,18). The molecule has 106 valence electrons. The van der Waals surface area contributed by atoms with Gasteiger partial charge in [0.15, 0.2) is 5.13 Å². The van der Waals surface area contributed by atoms with Gasteiger partial charge in [0.2, 0.25) is 0 Å². The average molecular weight is 291 g/mol. The first kappa shape index (κ1) is 14.3. The molecule has 0 saturated carbocycles. The third kappa shape index (κ3) is 2.60. The van der Waals surface area contributed by atoms with Crippen molar-refractivity contribution in [2.24, 2.45) is 0 Å². The topological polar surface area (TPSA) is 77.2 Å². The molecule has 0 spiro atoms. The van der Waals surface area contributed by atoms with Crippen LogP contribution in [0.1, 0.15) is 26.5 Å². The molecule has 5 nitrogen and oxygen atoms in total. The first-order valence-electron chi connectivity index (χ1n) is 6.12. The van der Waals surface area contributed by atoms with E-state index in [1.54, 1.807) is 14.0 Å². The Morgan fingerprint density at radius 3 is 2.60 bits per heavy atom. The number of nitrogens with zero attached hydrogens (tertiary/aromatic N) is 1. The quantitative estimate of drug-likeness (QED) is 0.911. The highest BCUT2D eigenvalue weighted by atomic mass is 32.1. The number of methoxy groups -OCH3 is 1. The van der Waals surface area contributed by atoms with Crippen molar-refractivity contribution in [1.29, 1.82) is 0 Å². The molecule has 6 heteroatoms. The molecule has 0 radical (unpaired) electrons. The zero-order valence-corrected chi connectivity index (χ0v) is 12.7. The summed E-state index contributed by atoms with van der Waals surface area (Å²) in [6.07, 6.45) is 0. The normalized spacial score (nSPS) is 10.4. The Labute approximate surface area is 121 Å². The number of amides is 1. The van der Waals surface area contributed by atoms with Crippen LogP contribution in [0.15, 0.2) is 12.1 Å². The number of rotatable bonds is 3. The maximum atomic E-state index is 12.2. The van der Waals surface area contributed by atoms with Crippen molar-refractivity contribution in [2.45, 2.75) is 20.8 Å². The van der Waals surface area contributed by atoms with Crippen molar-refractivity contribution in [3.8, 4) is 5.75 Å². The fraction of sp³-hybridized carbons (Fsp3) is 0.286. The summed E-state index contributed by atoms with van der Waals surface area (Å²) in [6.45, 7) is 5.64. The number of carbonyl (C=O) groups is 1. The van der Waals surface area contributed by atoms with E-state index in [0.29, 0.717) is 15.7 Å². The molecule has 0 bridgehead atoms. The molecule has 0 aliphatic carbocycles. The third-order valence-electron chi connectivity index (χ3n) is 3.07. The zero-order chi connectivity index (χ0) is 14.9. The lowest BCUT2D eigenvalue weighted by Gasteiger charge is -2.13. The van der Waals surface area contributed by atoms with Crippen LogP contribution in [-0.2, 0) is 0 Å². The van der Waals surface area contributed by atoms with Crippen LogP contribution < -0.4 is 15.8 Å². The maximum Gasteiger partial charge on any atom is 0.267 e. The highest BCUT2D eigenvalue weighted by Gasteiger charge is 2.16. The van der Waals surface area contributed by atoms with Crippen LogP contribution in [-0.4, -0.2) is 18.0 Å². The first-order chi connectivity index (χ1) is 9.43. The molecule has 0 fully saturated rings. The zero-order valence-electron chi connectivity index (χ0n) is 11.9. The number of anilines is 2. The van der Waals surface area contributed by atoms with E-state index in [9.17, 15) is 4.79 Å². The number of nitrogens with two attached hydrogens (primary N) is 1. The SMILES string of the molecule is COc1c(C)ccc(NC(=O)c2sc(N)nc2C)c1C. The number of ether oxygens (including phenoxy) is 1. The number of benzene rings is 1. The Morgan fingerprint density at radius 1 is 1.35 bits per heavy atom. The molecule has 2 aromatic rings. The van der Waals surface area contributed by atoms with E-state index in [0.717, 1.165) is 22.6 Å². The minimum atomic E-state index is -0.203. The summed E-state index contributed by atoms with van der Waals surface area (Å²) in [5, 5.41) is 3.27. The van der Waals surface area contributed by atoms with Gasteiger partial charge in [-0.1, -0.05) is 17.4 Å². The summed E-state index contributed by atoms with van der Waals surface area (Å²) in [5.74, 6) is 0.578. The summed E-state index contributed by atoms with van der Waals surface area (Å²) >= 11 is 1.18. The van der Waals surface area contributed by atoms with Crippen LogP contribution in [0.2, 0.25) is 0 Å². The van der Waals surface area contributed by atoms with Gasteiger partial charge in [-0.2, -0.15) is 0 Å². The van der Waals surface area contributed by atoms with E-state index in [1.165, 1.54) is 11.3 Å². The molecule has 1 aromatic carbocycles. The number of aromatic nitrogens is 1. The van der Waals surface area contributed by atoms with E-state index in [2.05, 4.69) is 10.3 Å². The molecule has 20 heavy (non-hydrogen) atoms. The van der Waals surface area contributed by atoms with Gasteiger partial charge in [-0.05, 0) is 32.4 Å². The van der Waals surface area contributed by atoms with Gasteiger partial charge in [0.1, 0.15) is 10.6 Å². The van der Waals surface area contributed by atoms with Gasteiger partial charge >= 0.3 is 0 Å². The van der Waals surface area contributed by atoms with Gasteiger partial charge in [-0.3, -0.25) is 4.79 Å². The highest BCUT2D eigenvalue weighted by molar-refractivity contribution is 7.17. The molecule has 1 aromatic heterocycles. The Kier molecular flexibility index (Phi) is 3.94. The Balaban J connectivity index is 2.31. The Bertz CT molecular complexity index is 665. The van der Waals surface area contributed by atoms with E-state index in [1.807, 2.05) is 26.0 Å². The molecule has 1 heterocycles. The van der Waals surface area contributed by atoms with Crippen LogP contribution in [0.4, 0.5) is 10.8 Å². The van der Waals surface area contributed by atoms with E-state index < -0.39 is 0 Å². The van der Waals surface area contributed by atoms with E-state index in [-0.39, 0.29) is 5.91 Å². The van der Waals surface area contributed by atoms with Crippen molar-refractivity contribution in [3.63, 3.8) is 0 Å². The third-order valence-corrected chi connectivity index (χ3v) is 4.06. The second-order valence-corrected chi connectivity index (χ2v) is 5.54. The lowest BCUT2D eigenvalue weighted by molar-refractivity contribution is 0.102. The number of carbonyl (C=O) groups excluding carboxylic acids is 1. The summed E-state index contributed by atoms with van der Waals surface area (Å²) < 4.78 is 5.35. The summed E-state index contributed by atoms with van der Waals surface area (Å²) in [6, 6.07) is 3.78. The first-order valence-corrected chi connectivity index (χ1v) is 6.94. The predicted molar refractivity (Wildman–Crippen MR) is 81.7 cm³/mol. The van der Waals surface area contributed by atoms with Crippen LogP contribution in [0, 0.1) is 20.8 Å². The van der Waals surface area contributed by atoms with Gasteiger partial charge < -0.3 is 15.8 Å². The van der Waals surface area contributed by atoms with Crippen molar-refractivity contribution in [2.75, 3.05) is 18.2 Å². The van der Waals surface area contributed by atoms with Crippen molar-refractivity contribution in [1.82, 2.24) is 4.98 Å². The van der Waals surface area contributed by atoms with Crippen LogP contribution in [0.3, 0.4) is 0 Å². The van der Waals surface area contributed by atoms with Crippen molar-refractivity contribution >= 4 is 28.1 Å². The average Bonchev–Trinajstić information content (AvgIpc) is 2.73. The lowest BCUT2D eigenvalue weighted by Crippen LogP contribution is -2.13. The molecule has 0 aliphatic heterocycles. The maximum absolute atomic E-state index is 12.2. The van der Waals surface area contributed by atoms with Crippen molar-refractivity contribution in [3.05, 3.63) is 33.8 Å². The van der Waals surface area contributed by atoms with Gasteiger partial charge in [0.05, 0.1) is 12.8 Å². The smallest absolute Gasteiger partial charge is 0.267 e. The lowest BCUT2D eigenvalue weighted by atomic mass is 10.1. The molecule has 3 N–H and O–H groups in total. The fourth-order valence-corrected chi connectivity index (χ4v) is 2.81. The molecule has 0 saturated heterocycles. The number of hydrogen-bond acceptors (Lipinski definition) is 5. The number of aryl methyl sites for hydroxylation is 2. The van der Waals surface area contributed by atoms with Crippen LogP contribution in [0.5, 0.6) is 5.75 Å². The van der Waals surface area contributed by atoms with E-state index >= 15 is 0 Å². The van der Waals surface area contributed by atoms with Crippen molar-refractivity contribution < 1.29 is 9.53 Å². The highest BCUT2D eigenvalue weighted by Crippen LogP contribution is 2.30. The summed E-state index contributed by atoms with van der Waals surface area (Å²) in [7, 11) is 1.62. The molecule has 0 unspecified atom stereocenters. The predicted octanol–water partition coefficient (Wildman–Crippen LogP) is 2.91. The summed E-state index contributed by atoms with van der Waals surface area (Å²) in [5.41, 5.74) is 8.91. The number of nitrogen functional groups attached to an aromatic ring is 1. The second kappa shape index (κ2) is 5.50. The largest absolute Gasteiger partial charge is 0.496 e. The van der Waals surface area contributed by atoms with Gasteiger partial charge in [0, 0.05) is 11.3 Å². The van der Waals surface area contributed by atoms with Crippen LogP contribution in [0.25, 0.3) is 0 Å². The molecular weight excluding hydrogens is 274 g/mol. The Morgan fingerprint density at radius 2 is 2.05 bits per heavy atom. The molecule has 0 aliphatic rings. The number of hydrogen-bond donors (Lipinski definition) is 2. The summed E-state index contributed by atoms with van der Waals surface area (Å²) in [4.78, 5) is 16.8. The Hall–Kier alpha value is -2.08.